The van der Waals surface area contributed by atoms with Gasteiger partial charge in [0, 0.05) is 6.04 Å². The summed E-state index contributed by atoms with van der Waals surface area (Å²) in [6, 6.07) is 18.9. The van der Waals surface area contributed by atoms with Crippen LogP contribution in [0.1, 0.15) is 94.2 Å². The highest BCUT2D eigenvalue weighted by Crippen LogP contribution is 2.46. The Labute approximate surface area is 198 Å². The highest BCUT2D eigenvalue weighted by atomic mass is 28.3. The summed E-state index contributed by atoms with van der Waals surface area (Å²) in [5.41, 5.74) is 6.83. The standard InChI is InChI=1S/C30H45NSi/c1-24-23-29-27(25-17-12-11-13-18-25)21-16-22-28(29)30(24)32(2,3)31-26-19-14-9-7-5-4-6-8-10-15-20-26/h11-13,16-18,21-22,24,26,30-31H,4-10,14-15,19-20,23H2,1-3H3. The van der Waals surface area contributed by atoms with Gasteiger partial charge in [0.15, 0.2) is 0 Å². The van der Waals surface area contributed by atoms with Crippen LogP contribution in [-0.2, 0) is 6.42 Å². The molecule has 0 saturated heterocycles. The molecule has 2 unspecified atom stereocenters. The van der Waals surface area contributed by atoms with Crippen LogP contribution >= 0.6 is 0 Å². The van der Waals surface area contributed by atoms with Gasteiger partial charge in [-0.3, -0.25) is 0 Å². The molecule has 0 spiro atoms. The van der Waals surface area contributed by atoms with E-state index in [2.05, 4.69) is 73.5 Å². The number of rotatable bonds is 4. The molecule has 0 radical (unpaired) electrons. The lowest BCUT2D eigenvalue weighted by atomic mass is 9.97. The van der Waals surface area contributed by atoms with Gasteiger partial charge in [0.2, 0.25) is 0 Å². The summed E-state index contributed by atoms with van der Waals surface area (Å²) < 4.78 is 0. The van der Waals surface area contributed by atoms with Crippen LogP contribution in [0.3, 0.4) is 0 Å². The van der Waals surface area contributed by atoms with Crippen molar-refractivity contribution in [1.29, 1.82) is 0 Å². The van der Waals surface area contributed by atoms with Gasteiger partial charge in [0.05, 0.1) is 0 Å². The van der Waals surface area contributed by atoms with E-state index in [0.717, 1.165) is 12.0 Å². The SMILES string of the molecule is CC1Cc2c(-c3ccccc3)cccc2C1[Si](C)(C)NC1CCCCCCCCCCC1. The van der Waals surface area contributed by atoms with Crippen LogP contribution < -0.4 is 4.98 Å². The van der Waals surface area contributed by atoms with Crippen LogP contribution in [0.5, 0.6) is 0 Å². The van der Waals surface area contributed by atoms with Crippen molar-refractivity contribution < 1.29 is 0 Å². The van der Waals surface area contributed by atoms with Crippen LogP contribution in [-0.4, -0.2) is 14.3 Å². The van der Waals surface area contributed by atoms with Crippen molar-refractivity contribution in [1.82, 2.24) is 4.98 Å². The summed E-state index contributed by atoms with van der Waals surface area (Å²) in [5.74, 6) is 0.732. The van der Waals surface area contributed by atoms with Crippen molar-refractivity contribution >= 4 is 8.24 Å². The molecule has 1 saturated carbocycles. The predicted molar refractivity (Wildman–Crippen MR) is 143 cm³/mol. The molecule has 0 aromatic heterocycles. The fraction of sp³-hybridized carbons (Fsp3) is 0.600. The molecule has 0 bridgehead atoms. The van der Waals surface area contributed by atoms with Gasteiger partial charge < -0.3 is 4.98 Å². The monoisotopic (exact) mass is 447 g/mol. The molecule has 0 heterocycles. The van der Waals surface area contributed by atoms with Crippen molar-refractivity contribution in [3.8, 4) is 11.1 Å². The maximum atomic E-state index is 4.36. The van der Waals surface area contributed by atoms with Crippen LogP contribution in [0.25, 0.3) is 11.1 Å². The minimum absolute atomic E-state index is 0.711. The van der Waals surface area contributed by atoms with E-state index in [1.165, 1.54) is 88.2 Å². The van der Waals surface area contributed by atoms with Gasteiger partial charge in [-0.2, -0.15) is 0 Å². The van der Waals surface area contributed by atoms with Crippen LogP contribution in [0.2, 0.25) is 13.1 Å². The third kappa shape index (κ3) is 5.75. The smallest absolute Gasteiger partial charge is 0.127 e. The fourth-order valence-corrected chi connectivity index (χ4v) is 10.9. The van der Waals surface area contributed by atoms with E-state index in [1.54, 1.807) is 11.1 Å². The zero-order valence-electron chi connectivity index (χ0n) is 20.8. The molecule has 2 heteroatoms. The summed E-state index contributed by atoms with van der Waals surface area (Å²) in [6.45, 7) is 7.75. The van der Waals surface area contributed by atoms with Gasteiger partial charge in [0.25, 0.3) is 0 Å². The Morgan fingerprint density at radius 1 is 0.719 bits per heavy atom. The van der Waals surface area contributed by atoms with Gasteiger partial charge in [-0.1, -0.05) is 126 Å². The van der Waals surface area contributed by atoms with Gasteiger partial charge in [-0.25, -0.2) is 0 Å². The maximum Gasteiger partial charge on any atom is 0.127 e. The third-order valence-electron chi connectivity index (χ3n) is 8.19. The van der Waals surface area contributed by atoms with Gasteiger partial charge in [0.1, 0.15) is 8.24 Å². The number of nitrogens with one attached hydrogen (secondary N) is 1. The Bertz CT molecular complexity index is 831. The van der Waals surface area contributed by atoms with Crippen molar-refractivity contribution in [2.75, 3.05) is 0 Å². The zero-order valence-corrected chi connectivity index (χ0v) is 21.8. The second-order valence-electron chi connectivity index (χ2n) is 11.2. The Hall–Kier alpha value is -1.38. The summed E-state index contributed by atoms with van der Waals surface area (Å²) in [5, 5.41) is 0. The molecule has 4 rings (SSSR count). The Morgan fingerprint density at radius 3 is 1.94 bits per heavy atom. The Balaban J connectivity index is 1.52. The highest BCUT2D eigenvalue weighted by Gasteiger charge is 2.43. The number of fused-ring (bicyclic) bond motifs is 1. The van der Waals surface area contributed by atoms with Gasteiger partial charge in [-0.05, 0) is 53.0 Å². The molecular weight excluding hydrogens is 402 g/mol. The lowest BCUT2D eigenvalue weighted by molar-refractivity contribution is 0.438. The van der Waals surface area contributed by atoms with E-state index in [1.807, 2.05) is 0 Å². The van der Waals surface area contributed by atoms with E-state index in [-0.39, 0.29) is 0 Å². The van der Waals surface area contributed by atoms with Crippen molar-refractivity contribution in [2.24, 2.45) is 5.92 Å². The van der Waals surface area contributed by atoms with E-state index in [0.29, 0.717) is 5.54 Å². The predicted octanol–water partition coefficient (Wildman–Crippen LogP) is 8.64. The normalized spacial score (nSPS) is 23.8. The van der Waals surface area contributed by atoms with E-state index < -0.39 is 8.24 Å². The molecule has 2 aliphatic rings. The molecule has 1 N–H and O–H groups in total. The lowest BCUT2D eigenvalue weighted by Gasteiger charge is -2.38. The lowest BCUT2D eigenvalue weighted by Crippen LogP contribution is -2.55. The van der Waals surface area contributed by atoms with Crippen molar-refractivity contribution in [3.63, 3.8) is 0 Å². The maximum absolute atomic E-state index is 4.36. The molecule has 1 nitrogen and oxygen atoms in total. The summed E-state index contributed by atoms with van der Waals surface area (Å²) >= 11 is 0. The Morgan fingerprint density at radius 2 is 1.31 bits per heavy atom. The average molecular weight is 448 g/mol. The quantitative estimate of drug-likeness (QED) is 0.462. The zero-order chi connectivity index (χ0) is 22.4. The molecule has 0 amide bonds. The first-order valence-corrected chi connectivity index (χ1v) is 16.6. The number of hydrogen-bond donors (Lipinski definition) is 1. The Kier molecular flexibility index (Phi) is 8.29. The second-order valence-corrected chi connectivity index (χ2v) is 15.6. The molecule has 2 aromatic rings. The van der Waals surface area contributed by atoms with E-state index in [4.69, 9.17) is 0 Å². The molecule has 0 aliphatic heterocycles. The van der Waals surface area contributed by atoms with E-state index in [9.17, 15) is 0 Å². The molecule has 2 atom stereocenters. The third-order valence-corrected chi connectivity index (χ3v) is 11.8. The molecule has 174 valence electrons. The largest absolute Gasteiger partial charge is 0.334 e. The van der Waals surface area contributed by atoms with E-state index >= 15 is 0 Å². The topological polar surface area (TPSA) is 12.0 Å². The number of benzene rings is 2. The molecule has 32 heavy (non-hydrogen) atoms. The molecular formula is C30H45NSi. The first-order valence-electron chi connectivity index (χ1n) is 13.5. The molecule has 2 aliphatic carbocycles. The van der Waals surface area contributed by atoms with Crippen LogP contribution in [0.4, 0.5) is 0 Å². The number of hydrogen-bond acceptors (Lipinski definition) is 1. The summed E-state index contributed by atoms with van der Waals surface area (Å²) in [6.07, 6.45) is 17.0. The molecule has 2 aromatic carbocycles. The van der Waals surface area contributed by atoms with Crippen LogP contribution in [0, 0.1) is 5.92 Å². The summed E-state index contributed by atoms with van der Waals surface area (Å²) in [7, 11) is -1.64. The molecule has 1 fully saturated rings. The minimum atomic E-state index is -1.64. The first kappa shape index (κ1) is 23.8. The van der Waals surface area contributed by atoms with Crippen LogP contribution in [0.15, 0.2) is 48.5 Å². The van der Waals surface area contributed by atoms with Crippen molar-refractivity contribution in [2.45, 2.75) is 109 Å². The first-order chi connectivity index (χ1) is 15.6. The minimum Gasteiger partial charge on any atom is -0.334 e. The van der Waals surface area contributed by atoms with Crippen molar-refractivity contribution in [3.05, 3.63) is 59.7 Å². The highest BCUT2D eigenvalue weighted by molar-refractivity contribution is 6.76. The van der Waals surface area contributed by atoms with Gasteiger partial charge in [-0.15, -0.1) is 0 Å². The second kappa shape index (κ2) is 11.2. The average Bonchev–Trinajstić information content (AvgIpc) is 3.13. The van der Waals surface area contributed by atoms with Gasteiger partial charge >= 0.3 is 0 Å². The summed E-state index contributed by atoms with van der Waals surface area (Å²) in [4.78, 5) is 4.36. The fourth-order valence-electron chi connectivity index (χ4n) is 6.78.